The Labute approximate surface area is 90.2 Å². The van der Waals surface area contributed by atoms with E-state index in [-0.39, 0.29) is 11.9 Å². The fourth-order valence-electron chi connectivity index (χ4n) is 1.12. The van der Waals surface area contributed by atoms with Crippen molar-refractivity contribution in [2.45, 2.75) is 26.8 Å². The van der Waals surface area contributed by atoms with E-state index >= 15 is 0 Å². The molecule has 1 saturated heterocycles. The van der Waals surface area contributed by atoms with Crippen molar-refractivity contribution in [3.05, 3.63) is 0 Å². The van der Waals surface area contributed by atoms with Crippen LogP contribution in [0.3, 0.4) is 0 Å². The zero-order chi connectivity index (χ0) is 11.3. The van der Waals surface area contributed by atoms with Gasteiger partial charge < -0.3 is 15.5 Å². The van der Waals surface area contributed by atoms with Crippen molar-refractivity contribution in [3.8, 4) is 0 Å². The average Bonchev–Trinajstić information content (AvgIpc) is 2.17. The lowest BCUT2D eigenvalue weighted by atomic mass is 10.1. The number of amides is 1. The van der Waals surface area contributed by atoms with Crippen molar-refractivity contribution in [2.75, 3.05) is 19.7 Å². The molecule has 0 aromatic heterocycles. The minimum absolute atomic E-state index is 0.0133. The van der Waals surface area contributed by atoms with Gasteiger partial charge in [0.1, 0.15) is 6.61 Å². The molecule has 0 aliphatic carbocycles. The summed E-state index contributed by atoms with van der Waals surface area (Å²) in [5.74, 6) is 0.406. The minimum atomic E-state index is 0.0133. The van der Waals surface area contributed by atoms with E-state index in [0.29, 0.717) is 19.1 Å². The molecule has 5 nitrogen and oxygen atoms in total. The molecule has 0 unspecified atom stereocenters. The SMILES string of the molecule is C/C(=N\OC[C@@H]1CNCC(=O)N1)C(C)C. The fraction of sp³-hybridized carbons (Fsp3) is 0.800. The predicted octanol–water partition coefficient (Wildman–Crippen LogP) is 0.123. The molecule has 5 heteroatoms. The molecule has 15 heavy (non-hydrogen) atoms. The maximum Gasteiger partial charge on any atom is 0.234 e. The maximum absolute atomic E-state index is 11.0. The smallest absolute Gasteiger partial charge is 0.234 e. The molecule has 0 radical (unpaired) electrons. The Morgan fingerprint density at radius 2 is 2.40 bits per heavy atom. The van der Waals surface area contributed by atoms with Gasteiger partial charge in [-0.15, -0.1) is 0 Å². The van der Waals surface area contributed by atoms with Gasteiger partial charge in [0.15, 0.2) is 0 Å². The van der Waals surface area contributed by atoms with E-state index in [9.17, 15) is 4.79 Å². The van der Waals surface area contributed by atoms with Crippen LogP contribution in [0.4, 0.5) is 0 Å². The number of nitrogens with zero attached hydrogens (tertiary/aromatic N) is 1. The highest BCUT2D eigenvalue weighted by Crippen LogP contribution is 1.97. The van der Waals surface area contributed by atoms with Crippen molar-refractivity contribution >= 4 is 11.6 Å². The summed E-state index contributed by atoms with van der Waals surface area (Å²) in [6.07, 6.45) is 0. The molecule has 0 bridgehead atoms. The van der Waals surface area contributed by atoms with Crippen LogP contribution in [0.25, 0.3) is 0 Å². The van der Waals surface area contributed by atoms with Gasteiger partial charge in [-0.05, 0) is 12.8 Å². The van der Waals surface area contributed by atoms with Crippen LogP contribution in [0.1, 0.15) is 20.8 Å². The lowest BCUT2D eigenvalue weighted by molar-refractivity contribution is -0.122. The van der Waals surface area contributed by atoms with E-state index in [0.717, 1.165) is 12.3 Å². The van der Waals surface area contributed by atoms with E-state index in [4.69, 9.17) is 4.84 Å². The zero-order valence-electron chi connectivity index (χ0n) is 9.54. The van der Waals surface area contributed by atoms with E-state index < -0.39 is 0 Å². The number of rotatable bonds is 4. The van der Waals surface area contributed by atoms with Crippen LogP contribution in [0.15, 0.2) is 5.16 Å². The Kier molecular flexibility index (Phi) is 4.55. The van der Waals surface area contributed by atoms with Crippen LogP contribution in [-0.2, 0) is 9.63 Å². The molecule has 0 aromatic carbocycles. The van der Waals surface area contributed by atoms with Crippen molar-refractivity contribution in [3.63, 3.8) is 0 Å². The molecule has 1 heterocycles. The molecule has 2 N–H and O–H groups in total. The van der Waals surface area contributed by atoms with Gasteiger partial charge in [0, 0.05) is 6.54 Å². The van der Waals surface area contributed by atoms with Crippen LogP contribution in [-0.4, -0.2) is 37.4 Å². The Hall–Kier alpha value is -1.10. The van der Waals surface area contributed by atoms with Crippen molar-refractivity contribution < 1.29 is 9.63 Å². The molecule has 0 aromatic rings. The van der Waals surface area contributed by atoms with Gasteiger partial charge >= 0.3 is 0 Å². The normalized spacial score (nSPS) is 22.8. The number of carbonyl (C=O) groups excluding carboxylic acids is 1. The Morgan fingerprint density at radius 3 is 3.00 bits per heavy atom. The molecule has 0 spiro atoms. The number of piperazine rings is 1. The molecular weight excluding hydrogens is 194 g/mol. The number of hydrogen-bond donors (Lipinski definition) is 2. The highest BCUT2D eigenvalue weighted by molar-refractivity contribution is 5.83. The van der Waals surface area contributed by atoms with Crippen LogP contribution in [0, 0.1) is 5.92 Å². The quantitative estimate of drug-likeness (QED) is 0.515. The van der Waals surface area contributed by atoms with E-state index in [2.05, 4.69) is 29.6 Å². The summed E-state index contributed by atoms with van der Waals surface area (Å²) >= 11 is 0. The van der Waals surface area contributed by atoms with Gasteiger partial charge in [-0.2, -0.15) is 0 Å². The Bertz CT molecular complexity index is 251. The number of nitrogens with one attached hydrogen (secondary N) is 2. The topological polar surface area (TPSA) is 62.7 Å². The van der Waals surface area contributed by atoms with Crippen LogP contribution in [0.2, 0.25) is 0 Å². The second kappa shape index (κ2) is 5.70. The highest BCUT2D eigenvalue weighted by atomic mass is 16.6. The first-order chi connectivity index (χ1) is 7.09. The first-order valence-electron chi connectivity index (χ1n) is 5.26. The van der Waals surface area contributed by atoms with Crippen LogP contribution < -0.4 is 10.6 Å². The maximum atomic E-state index is 11.0. The molecule has 1 aliphatic rings. The second-order valence-corrected chi connectivity index (χ2v) is 4.08. The third-order valence-corrected chi connectivity index (χ3v) is 2.36. The van der Waals surface area contributed by atoms with Gasteiger partial charge in [-0.3, -0.25) is 4.79 Å². The molecule has 1 atom stereocenters. The van der Waals surface area contributed by atoms with Crippen LogP contribution >= 0.6 is 0 Å². The van der Waals surface area contributed by atoms with Gasteiger partial charge in [0.2, 0.25) is 5.91 Å². The van der Waals surface area contributed by atoms with Crippen LogP contribution in [0.5, 0.6) is 0 Å². The molecule has 1 fully saturated rings. The van der Waals surface area contributed by atoms with Gasteiger partial charge in [0.25, 0.3) is 0 Å². The third kappa shape index (κ3) is 4.29. The summed E-state index contributed by atoms with van der Waals surface area (Å²) in [5.41, 5.74) is 0.963. The zero-order valence-corrected chi connectivity index (χ0v) is 9.54. The molecule has 1 aliphatic heterocycles. The van der Waals surface area contributed by atoms with Crippen molar-refractivity contribution in [2.24, 2.45) is 11.1 Å². The summed E-state index contributed by atoms with van der Waals surface area (Å²) in [5, 5.41) is 9.81. The predicted molar refractivity (Wildman–Crippen MR) is 58.7 cm³/mol. The van der Waals surface area contributed by atoms with E-state index in [1.54, 1.807) is 0 Å². The Morgan fingerprint density at radius 1 is 1.67 bits per heavy atom. The third-order valence-electron chi connectivity index (χ3n) is 2.36. The van der Waals surface area contributed by atoms with Crippen molar-refractivity contribution in [1.82, 2.24) is 10.6 Å². The largest absolute Gasteiger partial charge is 0.394 e. The summed E-state index contributed by atoms with van der Waals surface area (Å²) in [7, 11) is 0. The average molecular weight is 213 g/mol. The summed E-state index contributed by atoms with van der Waals surface area (Å²) in [6, 6.07) is 0.0231. The summed E-state index contributed by atoms with van der Waals surface area (Å²) < 4.78 is 0. The summed E-state index contributed by atoms with van der Waals surface area (Å²) in [6.45, 7) is 7.61. The second-order valence-electron chi connectivity index (χ2n) is 4.08. The van der Waals surface area contributed by atoms with E-state index in [1.807, 2.05) is 6.92 Å². The molecular formula is C10H19N3O2. The molecule has 86 valence electrons. The minimum Gasteiger partial charge on any atom is -0.394 e. The number of oxime groups is 1. The molecule has 0 saturated carbocycles. The van der Waals surface area contributed by atoms with Gasteiger partial charge in [-0.1, -0.05) is 19.0 Å². The van der Waals surface area contributed by atoms with E-state index in [1.165, 1.54) is 0 Å². The highest BCUT2D eigenvalue weighted by Gasteiger charge is 2.17. The van der Waals surface area contributed by atoms with Crippen molar-refractivity contribution in [1.29, 1.82) is 0 Å². The first kappa shape index (κ1) is 12.0. The Balaban J connectivity index is 2.25. The number of hydrogen-bond acceptors (Lipinski definition) is 4. The lowest BCUT2D eigenvalue weighted by Crippen LogP contribution is -2.53. The monoisotopic (exact) mass is 213 g/mol. The van der Waals surface area contributed by atoms with Gasteiger partial charge in [-0.25, -0.2) is 0 Å². The standard InChI is InChI=1S/C10H19N3O2/c1-7(2)8(3)13-15-6-9-4-11-5-10(14)12-9/h7,9,11H,4-6H2,1-3H3,(H,12,14)/b13-8+/t9-/m0/s1. The summed E-state index contributed by atoms with van der Waals surface area (Å²) in [4.78, 5) is 16.2. The molecule has 1 amide bonds. The van der Waals surface area contributed by atoms with Gasteiger partial charge in [0.05, 0.1) is 18.3 Å². The molecule has 1 rings (SSSR count). The lowest BCUT2D eigenvalue weighted by Gasteiger charge is -2.22. The number of carbonyl (C=O) groups is 1. The fourth-order valence-corrected chi connectivity index (χ4v) is 1.12. The first-order valence-corrected chi connectivity index (χ1v) is 5.26.